The van der Waals surface area contributed by atoms with Crippen molar-refractivity contribution in [1.82, 2.24) is 20.5 Å². The molecule has 1 unspecified atom stereocenters. The van der Waals surface area contributed by atoms with Crippen LogP contribution in [0.2, 0.25) is 0 Å². The molecule has 9 heteroatoms. The molecule has 1 atom stereocenters. The summed E-state index contributed by atoms with van der Waals surface area (Å²) in [4.78, 5) is 14.1. The van der Waals surface area contributed by atoms with E-state index in [2.05, 4.69) is 59.2 Å². The van der Waals surface area contributed by atoms with Crippen molar-refractivity contribution in [3.63, 3.8) is 0 Å². The van der Waals surface area contributed by atoms with Crippen LogP contribution >= 0.6 is 24.0 Å². The van der Waals surface area contributed by atoms with E-state index >= 15 is 0 Å². The zero-order valence-corrected chi connectivity index (χ0v) is 21.7. The van der Waals surface area contributed by atoms with Crippen molar-refractivity contribution in [1.29, 1.82) is 0 Å². The van der Waals surface area contributed by atoms with Crippen molar-refractivity contribution in [2.24, 2.45) is 4.99 Å². The molecule has 0 saturated carbocycles. The van der Waals surface area contributed by atoms with Gasteiger partial charge in [0, 0.05) is 51.0 Å². The maximum absolute atomic E-state index is 5.65. The summed E-state index contributed by atoms with van der Waals surface area (Å²) in [6.07, 6.45) is 2.11. The van der Waals surface area contributed by atoms with E-state index in [0.29, 0.717) is 6.54 Å². The van der Waals surface area contributed by atoms with Crippen LogP contribution in [-0.2, 0) is 16.0 Å². The van der Waals surface area contributed by atoms with Gasteiger partial charge < -0.3 is 25.0 Å². The number of halogens is 1. The number of aliphatic imine (C=N–C) groups is 1. The maximum Gasteiger partial charge on any atom is 0.191 e. The highest BCUT2D eigenvalue weighted by atomic mass is 127. The van der Waals surface area contributed by atoms with Crippen LogP contribution in [0.25, 0.3) is 0 Å². The number of hydrogen-bond acceptors (Lipinski definition) is 6. The number of nitrogens with one attached hydrogen (secondary N) is 2. The normalized spacial score (nSPS) is 20.8. The lowest BCUT2D eigenvalue weighted by Crippen LogP contribution is -2.56. The minimum Gasteiger partial charge on any atom is -0.379 e. The molecule has 2 saturated heterocycles. The van der Waals surface area contributed by atoms with Gasteiger partial charge in [-0.05, 0) is 45.4 Å². The second kappa shape index (κ2) is 12.8. The molecule has 8 nitrogen and oxygen atoms in total. The number of nitrogens with zero attached hydrogens (tertiary/aromatic N) is 4. The van der Waals surface area contributed by atoms with E-state index in [1.54, 1.807) is 0 Å². The lowest BCUT2D eigenvalue weighted by Gasteiger charge is -2.41. The fourth-order valence-electron chi connectivity index (χ4n) is 3.85. The molecular formula is C22H39IN6O2. The van der Waals surface area contributed by atoms with Crippen molar-refractivity contribution in [2.75, 3.05) is 64.0 Å². The fourth-order valence-corrected chi connectivity index (χ4v) is 3.85. The monoisotopic (exact) mass is 546 g/mol. The molecule has 1 aromatic rings. The lowest BCUT2D eigenvalue weighted by atomic mass is 10.0. The standard InChI is InChI=1S/C22H38N6O2.HI/c1-5-23-21(26-17-22(3,4)28-9-11-29-12-10-28)25-15-19-6-7-24-20(14-19)27-8-13-30-18(2)16-27;/h6-7,14,18H,5,8-13,15-17H2,1-4H3,(H2,23,25,26);1H. The van der Waals surface area contributed by atoms with Crippen LogP contribution in [0, 0.1) is 0 Å². The van der Waals surface area contributed by atoms with Gasteiger partial charge in [0.25, 0.3) is 0 Å². The number of morpholine rings is 2. The van der Waals surface area contributed by atoms with Gasteiger partial charge in [0.05, 0.1) is 32.5 Å². The predicted octanol–water partition coefficient (Wildman–Crippen LogP) is 2.09. The van der Waals surface area contributed by atoms with Crippen molar-refractivity contribution >= 4 is 35.8 Å². The van der Waals surface area contributed by atoms with Gasteiger partial charge in [0.1, 0.15) is 5.82 Å². The topological polar surface area (TPSA) is 74.2 Å². The summed E-state index contributed by atoms with van der Waals surface area (Å²) in [5.41, 5.74) is 1.19. The molecule has 0 aliphatic carbocycles. The second-order valence-corrected chi connectivity index (χ2v) is 8.61. The van der Waals surface area contributed by atoms with Crippen LogP contribution in [0.15, 0.2) is 23.3 Å². The largest absolute Gasteiger partial charge is 0.379 e. The molecule has 31 heavy (non-hydrogen) atoms. The summed E-state index contributed by atoms with van der Waals surface area (Å²) in [6.45, 7) is 17.1. The number of anilines is 1. The van der Waals surface area contributed by atoms with Gasteiger partial charge >= 0.3 is 0 Å². The Morgan fingerprint density at radius 2 is 2.00 bits per heavy atom. The summed E-state index contributed by atoms with van der Waals surface area (Å²) in [5, 5.41) is 6.89. The SMILES string of the molecule is CCNC(=NCc1ccnc(N2CCOC(C)C2)c1)NCC(C)(C)N1CCOCC1.I. The lowest BCUT2D eigenvalue weighted by molar-refractivity contribution is -0.00834. The van der Waals surface area contributed by atoms with Crippen molar-refractivity contribution < 1.29 is 9.47 Å². The van der Waals surface area contributed by atoms with Crippen LogP contribution in [0.5, 0.6) is 0 Å². The van der Waals surface area contributed by atoms with Gasteiger partial charge in [0.2, 0.25) is 0 Å². The Morgan fingerprint density at radius 3 is 2.71 bits per heavy atom. The smallest absolute Gasteiger partial charge is 0.191 e. The van der Waals surface area contributed by atoms with E-state index in [1.807, 2.05) is 12.3 Å². The molecule has 3 heterocycles. The first-order valence-corrected chi connectivity index (χ1v) is 11.1. The summed E-state index contributed by atoms with van der Waals surface area (Å²) < 4.78 is 11.1. The molecule has 0 amide bonds. The third-order valence-electron chi connectivity index (χ3n) is 5.69. The van der Waals surface area contributed by atoms with Gasteiger partial charge in [-0.1, -0.05) is 0 Å². The first-order chi connectivity index (χ1) is 14.5. The molecule has 0 radical (unpaired) electrons. The Morgan fingerprint density at radius 1 is 1.23 bits per heavy atom. The van der Waals surface area contributed by atoms with Gasteiger partial charge in [-0.25, -0.2) is 9.98 Å². The molecule has 3 rings (SSSR count). The van der Waals surface area contributed by atoms with E-state index in [4.69, 9.17) is 14.5 Å². The minimum atomic E-state index is 0. The van der Waals surface area contributed by atoms with Crippen LogP contribution in [0.1, 0.15) is 33.3 Å². The predicted molar refractivity (Wildman–Crippen MR) is 137 cm³/mol. The molecule has 2 aliphatic rings. The van der Waals surface area contributed by atoms with E-state index in [9.17, 15) is 0 Å². The number of guanidine groups is 1. The maximum atomic E-state index is 5.65. The second-order valence-electron chi connectivity index (χ2n) is 8.61. The Kier molecular flexibility index (Phi) is 10.7. The molecule has 2 aliphatic heterocycles. The molecule has 0 bridgehead atoms. The zero-order valence-electron chi connectivity index (χ0n) is 19.4. The van der Waals surface area contributed by atoms with E-state index in [1.165, 1.54) is 0 Å². The highest BCUT2D eigenvalue weighted by molar-refractivity contribution is 14.0. The highest BCUT2D eigenvalue weighted by Crippen LogP contribution is 2.17. The molecule has 0 spiro atoms. The number of ether oxygens (including phenoxy) is 2. The van der Waals surface area contributed by atoms with Crippen molar-refractivity contribution in [2.45, 2.75) is 45.9 Å². The molecular weight excluding hydrogens is 507 g/mol. The third kappa shape index (κ3) is 8.03. The van der Waals surface area contributed by atoms with Gasteiger partial charge in [0.15, 0.2) is 5.96 Å². The third-order valence-corrected chi connectivity index (χ3v) is 5.69. The number of hydrogen-bond donors (Lipinski definition) is 2. The van der Waals surface area contributed by atoms with Crippen LogP contribution in [0.3, 0.4) is 0 Å². The summed E-state index contributed by atoms with van der Waals surface area (Å²) in [6, 6.07) is 4.18. The van der Waals surface area contributed by atoms with Crippen LogP contribution in [0.4, 0.5) is 5.82 Å². The quantitative estimate of drug-likeness (QED) is 0.308. The summed E-state index contributed by atoms with van der Waals surface area (Å²) in [5.74, 6) is 1.85. The Bertz CT molecular complexity index is 696. The number of rotatable bonds is 7. The Labute approximate surface area is 204 Å². The van der Waals surface area contributed by atoms with E-state index in [0.717, 1.165) is 76.4 Å². The molecule has 0 aromatic carbocycles. The molecule has 2 N–H and O–H groups in total. The van der Waals surface area contributed by atoms with Gasteiger partial charge in [-0.3, -0.25) is 4.90 Å². The highest BCUT2D eigenvalue weighted by Gasteiger charge is 2.28. The van der Waals surface area contributed by atoms with Gasteiger partial charge in [-0.15, -0.1) is 24.0 Å². The van der Waals surface area contributed by atoms with Crippen molar-refractivity contribution in [3.8, 4) is 0 Å². The average molecular weight is 546 g/mol. The van der Waals surface area contributed by atoms with Crippen molar-refractivity contribution in [3.05, 3.63) is 23.9 Å². The zero-order chi connectivity index (χ0) is 21.4. The Balaban J connectivity index is 0.00000341. The molecule has 2 fully saturated rings. The Hall–Kier alpha value is -1.17. The molecule has 176 valence electrons. The van der Waals surface area contributed by atoms with Crippen LogP contribution < -0.4 is 15.5 Å². The minimum absolute atomic E-state index is 0. The number of aromatic nitrogens is 1. The van der Waals surface area contributed by atoms with E-state index < -0.39 is 0 Å². The fraction of sp³-hybridized carbons (Fsp3) is 0.727. The summed E-state index contributed by atoms with van der Waals surface area (Å²) >= 11 is 0. The van der Waals surface area contributed by atoms with E-state index in [-0.39, 0.29) is 35.6 Å². The average Bonchev–Trinajstić information content (AvgIpc) is 2.76. The van der Waals surface area contributed by atoms with Gasteiger partial charge in [-0.2, -0.15) is 0 Å². The first kappa shape index (κ1) is 26.1. The number of pyridine rings is 1. The first-order valence-electron chi connectivity index (χ1n) is 11.1. The molecule has 1 aromatic heterocycles. The summed E-state index contributed by atoms with van der Waals surface area (Å²) in [7, 11) is 0. The van der Waals surface area contributed by atoms with Crippen LogP contribution in [-0.4, -0.2) is 86.6 Å².